The highest BCUT2D eigenvalue weighted by Crippen LogP contribution is 2.16. The van der Waals surface area contributed by atoms with E-state index in [4.69, 9.17) is 0 Å². The van der Waals surface area contributed by atoms with E-state index in [2.05, 4.69) is 10.2 Å². The number of nitro groups is 1. The third-order valence-corrected chi connectivity index (χ3v) is 1.51. The van der Waals surface area contributed by atoms with Gasteiger partial charge in [-0.3, -0.25) is 0 Å². The van der Waals surface area contributed by atoms with Crippen LogP contribution in [0.3, 0.4) is 0 Å². The maximum atomic E-state index is 10.4. The minimum absolute atomic E-state index is 0.405. The van der Waals surface area contributed by atoms with Crippen LogP contribution in [0.4, 0.5) is 0 Å². The lowest BCUT2D eigenvalue weighted by molar-refractivity contribution is -0.540. The van der Waals surface area contributed by atoms with Gasteiger partial charge in [-0.1, -0.05) is 4.68 Å². The molecule has 0 aromatic heterocycles. The fourth-order valence-electron chi connectivity index (χ4n) is 0.997. The summed E-state index contributed by atoms with van der Waals surface area (Å²) in [5.74, 6) is 0. The minimum Gasteiger partial charge on any atom is -0.234 e. The average molecular weight is 164 g/mol. The molecule has 2 rings (SSSR count). The minimum atomic E-state index is -0.522. The van der Waals surface area contributed by atoms with E-state index in [1.54, 1.807) is 12.1 Å². The number of pyridine rings is 1. The van der Waals surface area contributed by atoms with Crippen molar-refractivity contribution in [3.05, 3.63) is 34.6 Å². The van der Waals surface area contributed by atoms with Crippen LogP contribution in [0.25, 0.3) is 11.4 Å². The zero-order valence-electron chi connectivity index (χ0n) is 5.91. The molecule has 2 aliphatic rings. The van der Waals surface area contributed by atoms with E-state index in [1.807, 2.05) is 0 Å². The van der Waals surface area contributed by atoms with Crippen LogP contribution in [-0.4, -0.2) is 19.9 Å². The van der Waals surface area contributed by atoms with Crippen molar-refractivity contribution in [3.63, 3.8) is 0 Å². The Morgan fingerprint density at radius 3 is 3.17 bits per heavy atom. The Hall–Kier alpha value is -1.98. The Morgan fingerprint density at radius 1 is 1.58 bits per heavy atom. The maximum absolute atomic E-state index is 10.4. The van der Waals surface area contributed by atoms with Crippen molar-refractivity contribution in [1.82, 2.24) is 14.9 Å². The first-order chi connectivity index (χ1) is 5.79. The summed E-state index contributed by atoms with van der Waals surface area (Å²) >= 11 is 0. The van der Waals surface area contributed by atoms with Crippen molar-refractivity contribution in [2.45, 2.75) is 0 Å². The second-order valence-corrected chi connectivity index (χ2v) is 2.21. The van der Waals surface area contributed by atoms with Crippen LogP contribution in [0.5, 0.6) is 0 Å². The monoisotopic (exact) mass is 164 g/mol. The van der Waals surface area contributed by atoms with Gasteiger partial charge in [-0.05, 0) is 12.1 Å². The molecule has 0 bridgehead atoms. The smallest absolute Gasteiger partial charge is 0.169 e. The van der Waals surface area contributed by atoms with Crippen LogP contribution in [0.15, 0.2) is 24.5 Å². The summed E-state index contributed by atoms with van der Waals surface area (Å²) in [7, 11) is 0. The molecule has 0 saturated heterocycles. The number of hydrogen-bond acceptors (Lipinski definition) is 4. The molecule has 0 radical (unpaired) electrons. The molecule has 0 aromatic rings. The van der Waals surface area contributed by atoms with E-state index in [1.165, 1.54) is 12.4 Å². The molecule has 0 aromatic carbocycles. The van der Waals surface area contributed by atoms with Gasteiger partial charge in [-0.2, -0.15) is 5.10 Å². The fraction of sp³-hybridized carbons (Fsp3) is 0. The largest absolute Gasteiger partial charge is 0.234 e. The third kappa shape index (κ3) is 0.815. The van der Waals surface area contributed by atoms with Crippen molar-refractivity contribution in [2.24, 2.45) is 0 Å². The summed E-state index contributed by atoms with van der Waals surface area (Å²) in [6, 6.07) is 3.22. The number of aromatic nitrogens is 3. The predicted molar refractivity (Wildman–Crippen MR) is 39.0 cm³/mol. The topological polar surface area (TPSA) is 73.8 Å². The zero-order chi connectivity index (χ0) is 8.55. The Kier molecular flexibility index (Phi) is 1.26. The first-order valence-electron chi connectivity index (χ1n) is 3.22. The highest BCUT2D eigenvalue weighted by Gasteiger charge is 2.14. The van der Waals surface area contributed by atoms with E-state index in [-0.39, 0.29) is 0 Å². The molecule has 0 fully saturated rings. The summed E-state index contributed by atoms with van der Waals surface area (Å²) in [6.45, 7) is 0. The van der Waals surface area contributed by atoms with Crippen LogP contribution in [0.1, 0.15) is 0 Å². The van der Waals surface area contributed by atoms with Crippen LogP contribution in [0, 0.1) is 10.1 Å². The second kappa shape index (κ2) is 2.26. The first-order valence-corrected chi connectivity index (χ1v) is 3.22. The van der Waals surface area contributed by atoms with E-state index in [9.17, 15) is 10.1 Å². The van der Waals surface area contributed by atoms with Gasteiger partial charge in [0.1, 0.15) is 5.69 Å². The van der Waals surface area contributed by atoms with E-state index in [0.717, 1.165) is 4.68 Å². The molecular formula is C6H4N4O2. The molecule has 6 nitrogen and oxygen atoms in total. The molecule has 0 aliphatic carbocycles. The van der Waals surface area contributed by atoms with Gasteiger partial charge in [0.05, 0.1) is 12.4 Å². The highest BCUT2D eigenvalue weighted by atomic mass is 16.7. The molecule has 12 heavy (non-hydrogen) atoms. The number of nitrogens with zero attached hydrogens (tertiary/aromatic N) is 4. The average Bonchev–Trinajstić information content (AvgIpc) is 2.49. The van der Waals surface area contributed by atoms with Gasteiger partial charge in [0.2, 0.25) is 0 Å². The lowest BCUT2D eigenvalue weighted by Gasteiger charge is -1.98. The molecular weight excluding hydrogens is 160 g/mol. The normalized spacial score (nSPS) is 10.3. The first kappa shape index (κ1) is 6.71. The van der Waals surface area contributed by atoms with Crippen molar-refractivity contribution >= 4 is 0 Å². The Balaban J connectivity index is 2.71. The van der Waals surface area contributed by atoms with Crippen LogP contribution < -0.4 is 0 Å². The van der Waals surface area contributed by atoms with Gasteiger partial charge in [0.25, 0.3) is 0 Å². The summed E-state index contributed by atoms with van der Waals surface area (Å²) in [5, 5.41) is 17.2. The van der Waals surface area contributed by atoms with Crippen LogP contribution in [-0.2, 0) is 0 Å². The molecule has 0 atom stereocenters. The van der Waals surface area contributed by atoms with E-state index >= 15 is 0 Å². The van der Waals surface area contributed by atoms with Gasteiger partial charge in [-0.25, -0.2) is 10.1 Å². The summed E-state index contributed by atoms with van der Waals surface area (Å²) < 4.78 is 0.884. The molecule has 0 amide bonds. The van der Waals surface area contributed by atoms with E-state index in [0.29, 0.717) is 11.4 Å². The quantitative estimate of drug-likeness (QED) is 0.452. The predicted octanol–water partition coefficient (Wildman–Crippen LogP) is 0.423. The van der Waals surface area contributed by atoms with Crippen molar-refractivity contribution in [1.29, 1.82) is 0 Å². The number of hydrogen-bond donors (Lipinski definition) is 0. The van der Waals surface area contributed by atoms with Gasteiger partial charge in [-0.15, -0.1) is 5.10 Å². The molecule has 0 N–H and O–H groups in total. The van der Waals surface area contributed by atoms with Crippen molar-refractivity contribution in [3.8, 4) is 11.4 Å². The molecule has 0 saturated carbocycles. The van der Waals surface area contributed by atoms with Gasteiger partial charge in [0.15, 0.2) is 10.7 Å². The Bertz CT molecular complexity index is 397. The van der Waals surface area contributed by atoms with Gasteiger partial charge >= 0.3 is 0 Å². The summed E-state index contributed by atoms with van der Waals surface area (Å²) in [6.07, 6.45) is 2.71. The molecule has 60 valence electrons. The lowest BCUT2D eigenvalue weighted by atomic mass is 10.3. The second-order valence-electron chi connectivity index (χ2n) is 2.21. The number of fused-ring (bicyclic) bond motifs is 1. The molecule has 0 spiro atoms. The van der Waals surface area contributed by atoms with Crippen molar-refractivity contribution < 1.29 is 5.03 Å². The van der Waals surface area contributed by atoms with Crippen LogP contribution >= 0.6 is 0 Å². The Morgan fingerprint density at radius 2 is 2.42 bits per heavy atom. The molecule has 2 heterocycles. The lowest BCUT2D eigenvalue weighted by Crippen LogP contribution is -2.10. The summed E-state index contributed by atoms with van der Waals surface area (Å²) in [4.78, 5) is 10.4. The highest BCUT2D eigenvalue weighted by molar-refractivity contribution is 5.53. The van der Waals surface area contributed by atoms with Gasteiger partial charge < -0.3 is 0 Å². The van der Waals surface area contributed by atoms with Crippen LogP contribution in [0.2, 0.25) is 0 Å². The standard InChI is InChI=1S/C6H4N4O2/c11-10(12)9-3-1-2-5-6(9)4-7-8-5/h1-4H. The third-order valence-electron chi connectivity index (χ3n) is 1.51. The Labute approximate surface area is 66.9 Å². The maximum Gasteiger partial charge on any atom is 0.169 e. The number of rotatable bonds is 1. The molecule has 6 heteroatoms. The zero-order valence-corrected chi connectivity index (χ0v) is 5.91. The van der Waals surface area contributed by atoms with Crippen molar-refractivity contribution in [2.75, 3.05) is 0 Å². The SMILES string of the molecule is O=[N+]([O-])n1cccc2nncc1-2. The molecule has 0 unspecified atom stereocenters. The summed E-state index contributed by atoms with van der Waals surface area (Å²) in [5.41, 5.74) is 0.928. The molecule has 2 aliphatic heterocycles. The van der Waals surface area contributed by atoms with E-state index < -0.39 is 5.03 Å². The van der Waals surface area contributed by atoms with Gasteiger partial charge in [0, 0.05) is 0 Å². The fourth-order valence-corrected chi connectivity index (χ4v) is 0.997.